The Morgan fingerprint density at radius 1 is 1.50 bits per heavy atom. The van der Waals surface area contributed by atoms with Gasteiger partial charge in [-0.05, 0) is 45.8 Å². The first kappa shape index (κ1) is 14.9. The molecule has 0 radical (unpaired) electrons. The molecule has 0 saturated carbocycles. The maximum atomic E-state index is 10.9. The molecule has 0 aliphatic carbocycles. The van der Waals surface area contributed by atoms with Crippen LogP contribution in [0.1, 0.15) is 30.9 Å². The second-order valence-electron chi connectivity index (χ2n) is 5.81. The van der Waals surface area contributed by atoms with Gasteiger partial charge in [-0.1, -0.05) is 12.1 Å². The molecule has 2 unspecified atom stereocenters. The van der Waals surface area contributed by atoms with E-state index in [1.165, 1.54) is 0 Å². The van der Waals surface area contributed by atoms with Crippen LogP contribution in [0.3, 0.4) is 0 Å². The molecule has 0 spiro atoms. The average Bonchev–Trinajstić information content (AvgIpc) is 2.41. The number of benzene rings is 1. The van der Waals surface area contributed by atoms with Crippen LogP contribution in [0.2, 0.25) is 0 Å². The van der Waals surface area contributed by atoms with E-state index in [4.69, 9.17) is 0 Å². The minimum atomic E-state index is -0.309. The average molecular weight is 277 g/mol. The summed E-state index contributed by atoms with van der Waals surface area (Å²) in [5, 5.41) is 14.5. The maximum Gasteiger partial charge on any atom is 0.272 e. The van der Waals surface area contributed by atoms with E-state index >= 15 is 0 Å². The molecule has 0 aromatic heterocycles. The van der Waals surface area contributed by atoms with Gasteiger partial charge in [-0.2, -0.15) is 0 Å². The molecule has 5 nitrogen and oxygen atoms in total. The topological polar surface area (TPSA) is 58.4 Å². The summed E-state index contributed by atoms with van der Waals surface area (Å²) >= 11 is 0. The number of nitro groups is 1. The number of piperidine rings is 1. The summed E-state index contributed by atoms with van der Waals surface area (Å²) in [6.07, 6.45) is 2.26. The number of aryl methyl sites for hydroxylation is 1. The zero-order valence-corrected chi connectivity index (χ0v) is 12.4. The summed E-state index contributed by atoms with van der Waals surface area (Å²) in [7, 11) is 2.16. The van der Waals surface area contributed by atoms with Crippen LogP contribution in [0, 0.1) is 17.0 Å². The Kier molecular flexibility index (Phi) is 4.73. The lowest BCUT2D eigenvalue weighted by molar-refractivity contribution is -0.385. The van der Waals surface area contributed by atoms with Gasteiger partial charge in [-0.3, -0.25) is 10.1 Å². The standard InChI is InChI=1S/C15H23N3O2/c1-11-4-5-13(9-15(11)18(19)20)10-16-14-6-7-17(3)12(2)8-14/h4-5,9,12,14,16H,6-8,10H2,1-3H3. The Morgan fingerprint density at radius 2 is 2.25 bits per heavy atom. The fourth-order valence-electron chi connectivity index (χ4n) is 2.70. The van der Waals surface area contributed by atoms with Crippen molar-refractivity contribution < 1.29 is 4.92 Å². The molecule has 1 heterocycles. The second-order valence-corrected chi connectivity index (χ2v) is 5.81. The third-order valence-electron chi connectivity index (χ3n) is 4.27. The minimum absolute atomic E-state index is 0.209. The van der Waals surface area contributed by atoms with Gasteiger partial charge < -0.3 is 10.2 Å². The third-order valence-corrected chi connectivity index (χ3v) is 4.27. The Hall–Kier alpha value is -1.46. The fourth-order valence-corrected chi connectivity index (χ4v) is 2.70. The van der Waals surface area contributed by atoms with Crippen LogP contribution in [-0.4, -0.2) is 35.5 Å². The highest BCUT2D eigenvalue weighted by molar-refractivity contribution is 5.42. The van der Waals surface area contributed by atoms with Gasteiger partial charge >= 0.3 is 0 Å². The number of nitrogens with zero attached hydrogens (tertiary/aromatic N) is 2. The molecule has 20 heavy (non-hydrogen) atoms. The molecule has 1 aliphatic rings. The lowest BCUT2D eigenvalue weighted by Crippen LogP contribution is -2.45. The molecular formula is C15H23N3O2. The van der Waals surface area contributed by atoms with E-state index in [1.54, 1.807) is 13.0 Å². The van der Waals surface area contributed by atoms with Crippen molar-refractivity contribution in [2.45, 2.75) is 45.3 Å². The van der Waals surface area contributed by atoms with E-state index in [-0.39, 0.29) is 10.6 Å². The van der Waals surface area contributed by atoms with Gasteiger partial charge in [-0.25, -0.2) is 0 Å². The van der Waals surface area contributed by atoms with Gasteiger partial charge in [0, 0.05) is 30.3 Å². The molecule has 110 valence electrons. The lowest BCUT2D eigenvalue weighted by Gasteiger charge is -2.35. The van der Waals surface area contributed by atoms with E-state index in [9.17, 15) is 10.1 Å². The van der Waals surface area contributed by atoms with Crippen LogP contribution >= 0.6 is 0 Å². The number of hydrogen-bond donors (Lipinski definition) is 1. The van der Waals surface area contributed by atoms with Crippen molar-refractivity contribution in [2.75, 3.05) is 13.6 Å². The van der Waals surface area contributed by atoms with Crippen molar-refractivity contribution in [2.24, 2.45) is 0 Å². The van der Waals surface area contributed by atoms with Crippen LogP contribution in [0.25, 0.3) is 0 Å². The molecule has 1 aromatic rings. The molecule has 2 atom stereocenters. The van der Waals surface area contributed by atoms with Crippen LogP contribution < -0.4 is 5.32 Å². The van der Waals surface area contributed by atoms with Crippen molar-refractivity contribution in [3.05, 3.63) is 39.4 Å². The first-order valence-electron chi connectivity index (χ1n) is 7.15. The summed E-state index contributed by atoms with van der Waals surface area (Å²) in [5.74, 6) is 0. The molecule has 1 saturated heterocycles. The van der Waals surface area contributed by atoms with Crippen LogP contribution in [0.15, 0.2) is 18.2 Å². The van der Waals surface area contributed by atoms with E-state index in [1.807, 2.05) is 12.1 Å². The van der Waals surface area contributed by atoms with Crippen molar-refractivity contribution in [3.63, 3.8) is 0 Å². The minimum Gasteiger partial charge on any atom is -0.310 e. The smallest absolute Gasteiger partial charge is 0.272 e. The van der Waals surface area contributed by atoms with E-state index in [2.05, 4.69) is 24.2 Å². The van der Waals surface area contributed by atoms with Crippen molar-refractivity contribution in [3.8, 4) is 0 Å². The first-order chi connectivity index (χ1) is 9.47. The first-order valence-corrected chi connectivity index (χ1v) is 7.15. The Labute approximate surface area is 120 Å². The van der Waals surface area contributed by atoms with E-state index in [0.717, 1.165) is 24.9 Å². The van der Waals surface area contributed by atoms with Gasteiger partial charge in [0.25, 0.3) is 5.69 Å². The summed E-state index contributed by atoms with van der Waals surface area (Å²) < 4.78 is 0. The molecule has 1 aromatic carbocycles. The Bertz CT molecular complexity index is 490. The van der Waals surface area contributed by atoms with Crippen molar-refractivity contribution >= 4 is 5.69 Å². The van der Waals surface area contributed by atoms with Crippen molar-refractivity contribution in [1.82, 2.24) is 10.2 Å². The summed E-state index contributed by atoms with van der Waals surface area (Å²) in [6, 6.07) is 6.57. The van der Waals surface area contributed by atoms with Gasteiger partial charge in [0.05, 0.1) is 4.92 Å². The van der Waals surface area contributed by atoms with Gasteiger partial charge in [0.2, 0.25) is 0 Å². The number of likely N-dealkylation sites (tertiary alicyclic amines) is 1. The quantitative estimate of drug-likeness (QED) is 0.678. The lowest BCUT2D eigenvalue weighted by atomic mass is 9.98. The van der Waals surface area contributed by atoms with Crippen molar-refractivity contribution in [1.29, 1.82) is 0 Å². The highest BCUT2D eigenvalue weighted by atomic mass is 16.6. The second kappa shape index (κ2) is 6.33. The van der Waals surface area contributed by atoms with Gasteiger partial charge in [0.15, 0.2) is 0 Å². The van der Waals surface area contributed by atoms with Gasteiger partial charge in [-0.15, -0.1) is 0 Å². The highest BCUT2D eigenvalue weighted by Gasteiger charge is 2.22. The maximum absolute atomic E-state index is 10.9. The van der Waals surface area contributed by atoms with Crippen LogP contribution in [-0.2, 0) is 6.54 Å². The largest absolute Gasteiger partial charge is 0.310 e. The van der Waals surface area contributed by atoms with Crippen LogP contribution in [0.5, 0.6) is 0 Å². The number of hydrogen-bond acceptors (Lipinski definition) is 4. The molecule has 1 fully saturated rings. The fraction of sp³-hybridized carbons (Fsp3) is 0.600. The zero-order chi connectivity index (χ0) is 14.7. The molecule has 1 N–H and O–H groups in total. The molecular weight excluding hydrogens is 254 g/mol. The molecule has 0 amide bonds. The van der Waals surface area contributed by atoms with E-state index < -0.39 is 0 Å². The number of rotatable bonds is 4. The number of nitrogens with one attached hydrogen (secondary N) is 1. The Morgan fingerprint density at radius 3 is 2.90 bits per heavy atom. The number of nitro benzene ring substituents is 1. The predicted molar refractivity (Wildman–Crippen MR) is 79.8 cm³/mol. The van der Waals surface area contributed by atoms with E-state index in [0.29, 0.717) is 24.2 Å². The monoisotopic (exact) mass is 277 g/mol. The normalized spacial score (nSPS) is 23.8. The highest BCUT2D eigenvalue weighted by Crippen LogP contribution is 2.20. The van der Waals surface area contributed by atoms with Gasteiger partial charge in [0.1, 0.15) is 0 Å². The van der Waals surface area contributed by atoms with Crippen LogP contribution in [0.4, 0.5) is 5.69 Å². The summed E-state index contributed by atoms with van der Waals surface area (Å²) in [5.41, 5.74) is 1.90. The molecule has 5 heteroatoms. The third kappa shape index (κ3) is 3.55. The predicted octanol–water partition coefficient (Wildman–Crippen LogP) is 2.48. The molecule has 1 aliphatic heterocycles. The zero-order valence-electron chi connectivity index (χ0n) is 12.4. The SMILES string of the molecule is Cc1ccc(CNC2CCN(C)C(C)C2)cc1[N+](=O)[O-]. The molecule has 0 bridgehead atoms. The summed E-state index contributed by atoms with van der Waals surface area (Å²) in [6.45, 7) is 5.81. The molecule has 2 rings (SSSR count). The summed E-state index contributed by atoms with van der Waals surface area (Å²) in [4.78, 5) is 13.0. The Balaban J connectivity index is 1.94.